The van der Waals surface area contributed by atoms with Crippen molar-refractivity contribution in [3.05, 3.63) is 59.2 Å². The molecule has 144 valence electrons. The zero-order valence-electron chi connectivity index (χ0n) is 15.5. The lowest BCUT2D eigenvalue weighted by Gasteiger charge is -2.12. The third kappa shape index (κ3) is 5.45. The molecule has 1 unspecified atom stereocenters. The van der Waals surface area contributed by atoms with Gasteiger partial charge < -0.3 is 25.2 Å². The molecule has 1 aliphatic heterocycles. The predicted molar refractivity (Wildman–Crippen MR) is 103 cm³/mol. The monoisotopic (exact) mass is 370 g/mol. The maximum atomic E-state index is 12.3. The minimum atomic E-state index is -0.0765. The number of aromatic hydroxyl groups is 1. The topological polar surface area (TPSA) is 79.8 Å². The quantitative estimate of drug-likeness (QED) is 0.666. The lowest BCUT2D eigenvalue weighted by molar-refractivity contribution is 0.0857. The Morgan fingerprint density at radius 2 is 2.04 bits per heavy atom. The zero-order valence-corrected chi connectivity index (χ0v) is 15.5. The van der Waals surface area contributed by atoms with E-state index in [1.807, 2.05) is 30.3 Å². The second-order valence-electron chi connectivity index (χ2n) is 6.66. The molecule has 6 nitrogen and oxygen atoms in total. The Morgan fingerprint density at radius 3 is 2.74 bits per heavy atom. The van der Waals surface area contributed by atoms with Crippen LogP contribution in [0.2, 0.25) is 0 Å². The number of amides is 1. The number of hydrogen-bond donors (Lipinski definition) is 3. The third-order valence-corrected chi connectivity index (χ3v) is 4.60. The van der Waals surface area contributed by atoms with Gasteiger partial charge in [0.15, 0.2) is 11.5 Å². The number of rotatable bonds is 8. The molecule has 27 heavy (non-hydrogen) atoms. The third-order valence-electron chi connectivity index (χ3n) is 4.60. The van der Waals surface area contributed by atoms with Crippen molar-refractivity contribution in [1.82, 2.24) is 10.6 Å². The molecule has 1 heterocycles. The van der Waals surface area contributed by atoms with E-state index in [1.165, 1.54) is 7.11 Å². The van der Waals surface area contributed by atoms with Gasteiger partial charge in [-0.15, -0.1) is 0 Å². The van der Waals surface area contributed by atoms with Crippen molar-refractivity contribution in [2.24, 2.45) is 0 Å². The molecule has 3 N–H and O–H groups in total. The fourth-order valence-electron chi connectivity index (χ4n) is 3.13. The van der Waals surface area contributed by atoms with Crippen molar-refractivity contribution in [2.75, 3.05) is 20.3 Å². The smallest absolute Gasteiger partial charge is 0.251 e. The van der Waals surface area contributed by atoms with Crippen LogP contribution in [0.25, 0.3) is 0 Å². The number of phenols is 1. The highest BCUT2D eigenvalue weighted by Crippen LogP contribution is 2.26. The Labute approximate surface area is 159 Å². The van der Waals surface area contributed by atoms with Crippen LogP contribution < -0.4 is 15.4 Å². The van der Waals surface area contributed by atoms with Gasteiger partial charge in [0.1, 0.15) is 0 Å². The van der Waals surface area contributed by atoms with Crippen LogP contribution in [-0.2, 0) is 17.8 Å². The maximum absolute atomic E-state index is 12.3. The molecule has 1 aliphatic rings. The molecule has 3 rings (SSSR count). The second kappa shape index (κ2) is 9.39. The second-order valence-corrected chi connectivity index (χ2v) is 6.66. The summed E-state index contributed by atoms with van der Waals surface area (Å²) in [5.74, 6) is 0.509. The van der Waals surface area contributed by atoms with Gasteiger partial charge in [-0.05, 0) is 48.2 Å². The van der Waals surface area contributed by atoms with Gasteiger partial charge in [-0.25, -0.2) is 0 Å². The van der Waals surface area contributed by atoms with Crippen molar-refractivity contribution in [3.63, 3.8) is 0 Å². The van der Waals surface area contributed by atoms with Crippen LogP contribution in [0.15, 0.2) is 42.5 Å². The number of carbonyl (C=O) groups excluding carboxylic acids is 1. The van der Waals surface area contributed by atoms with Crippen LogP contribution in [0.4, 0.5) is 0 Å². The highest BCUT2D eigenvalue weighted by molar-refractivity contribution is 5.94. The fourth-order valence-corrected chi connectivity index (χ4v) is 3.13. The fraction of sp³-hybridized carbons (Fsp3) is 0.381. The van der Waals surface area contributed by atoms with Gasteiger partial charge in [-0.1, -0.05) is 18.2 Å². The van der Waals surface area contributed by atoms with Gasteiger partial charge in [0.05, 0.1) is 13.2 Å². The summed E-state index contributed by atoms with van der Waals surface area (Å²) in [6.07, 6.45) is 2.21. The van der Waals surface area contributed by atoms with E-state index in [0.717, 1.165) is 30.6 Å². The molecule has 6 heteroatoms. The standard InChI is InChI=1S/C21H26N2O4/c1-26-20-8-7-16(11-19(20)24)13-22-12-15-4-2-5-17(10-15)21(25)23-14-18-6-3-9-27-18/h2,4-5,7-8,10-11,18,22,24H,3,6,9,12-14H2,1H3,(H,23,25). The van der Waals surface area contributed by atoms with Crippen LogP contribution in [0, 0.1) is 0 Å². The number of carbonyl (C=O) groups is 1. The summed E-state index contributed by atoms with van der Waals surface area (Å²) in [5, 5.41) is 16.1. The average Bonchev–Trinajstić information content (AvgIpc) is 3.20. The number of ether oxygens (including phenoxy) is 2. The molecule has 1 fully saturated rings. The van der Waals surface area contributed by atoms with E-state index in [9.17, 15) is 9.90 Å². The molecule has 0 aliphatic carbocycles. The zero-order chi connectivity index (χ0) is 19.1. The normalized spacial score (nSPS) is 16.3. The molecule has 2 aromatic carbocycles. The van der Waals surface area contributed by atoms with Crippen LogP contribution in [0.5, 0.6) is 11.5 Å². The Morgan fingerprint density at radius 1 is 1.22 bits per heavy atom. The van der Waals surface area contributed by atoms with Crippen molar-refractivity contribution >= 4 is 5.91 Å². The number of phenolic OH excluding ortho intramolecular Hbond substituents is 1. The van der Waals surface area contributed by atoms with Gasteiger partial charge in [-0.2, -0.15) is 0 Å². The summed E-state index contributed by atoms with van der Waals surface area (Å²) in [4.78, 5) is 12.3. The number of methoxy groups -OCH3 is 1. The summed E-state index contributed by atoms with van der Waals surface area (Å²) >= 11 is 0. The van der Waals surface area contributed by atoms with E-state index in [4.69, 9.17) is 9.47 Å². The van der Waals surface area contributed by atoms with Gasteiger partial charge in [0, 0.05) is 31.8 Å². The Hall–Kier alpha value is -2.57. The highest BCUT2D eigenvalue weighted by Gasteiger charge is 2.16. The van der Waals surface area contributed by atoms with E-state index >= 15 is 0 Å². The molecule has 0 saturated carbocycles. The van der Waals surface area contributed by atoms with Gasteiger partial charge in [0.2, 0.25) is 0 Å². The van der Waals surface area contributed by atoms with E-state index in [0.29, 0.717) is 30.9 Å². The molecule has 1 atom stereocenters. The lowest BCUT2D eigenvalue weighted by atomic mass is 10.1. The summed E-state index contributed by atoms with van der Waals surface area (Å²) in [6.45, 7) is 2.57. The predicted octanol–water partition coefficient (Wildman–Crippen LogP) is 2.60. The first kappa shape index (κ1) is 19.2. The van der Waals surface area contributed by atoms with Gasteiger partial charge in [0.25, 0.3) is 5.91 Å². The van der Waals surface area contributed by atoms with E-state index < -0.39 is 0 Å². The maximum Gasteiger partial charge on any atom is 0.251 e. The number of hydrogen-bond acceptors (Lipinski definition) is 5. The van der Waals surface area contributed by atoms with E-state index in [1.54, 1.807) is 12.1 Å². The molecule has 0 radical (unpaired) electrons. The van der Waals surface area contributed by atoms with Crippen LogP contribution in [0.1, 0.15) is 34.3 Å². The van der Waals surface area contributed by atoms with Crippen molar-refractivity contribution in [2.45, 2.75) is 32.0 Å². The lowest BCUT2D eigenvalue weighted by Crippen LogP contribution is -2.31. The average molecular weight is 370 g/mol. The van der Waals surface area contributed by atoms with Crippen molar-refractivity contribution in [3.8, 4) is 11.5 Å². The highest BCUT2D eigenvalue weighted by atomic mass is 16.5. The number of benzene rings is 2. The van der Waals surface area contributed by atoms with Gasteiger partial charge >= 0.3 is 0 Å². The van der Waals surface area contributed by atoms with Crippen molar-refractivity contribution < 1.29 is 19.4 Å². The largest absolute Gasteiger partial charge is 0.504 e. The molecular formula is C21H26N2O4. The molecule has 0 bridgehead atoms. The summed E-state index contributed by atoms with van der Waals surface area (Å²) in [7, 11) is 1.52. The number of nitrogens with one attached hydrogen (secondary N) is 2. The van der Waals surface area contributed by atoms with E-state index in [-0.39, 0.29) is 17.8 Å². The summed E-state index contributed by atoms with van der Waals surface area (Å²) in [5.41, 5.74) is 2.63. The van der Waals surface area contributed by atoms with Crippen molar-refractivity contribution in [1.29, 1.82) is 0 Å². The summed E-state index contributed by atoms with van der Waals surface area (Å²) < 4.78 is 10.6. The SMILES string of the molecule is COc1ccc(CNCc2cccc(C(=O)NCC3CCCO3)c2)cc1O. The van der Waals surface area contributed by atoms with Crippen LogP contribution >= 0.6 is 0 Å². The molecule has 1 amide bonds. The molecule has 1 saturated heterocycles. The molecule has 0 spiro atoms. The van der Waals surface area contributed by atoms with Gasteiger partial charge in [-0.3, -0.25) is 4.79 Å². The first-order chi connectivity index (χ1) is 13.2. The first-order valence-corrected chi connectivity index (χ1v) is 9.21. The Kier molecular flexibility index (Phi) is 6.68. The minimum absolute atomic E-state index is 0.0765. The summed E-state index contributed by atoms with van der Waals surface area (Å²) in [6, 6.07) is 12.9. The first-order valence-electron chi connectivity index (χ1n) is 9.21. The van der Waals surface area contributed by atoms with E-state index in [2.05, 4.69) is 10.6 Å². The van der Waals surface area contributed by atoms with Crippen LogP contribution in [-0.4, -0.2) is 37.4 Å². The minimum Gasteiger partial charge on any atom is -0.504 e. The molecular weight excluding hydrogens is 344 g/mol. The Balaban J connectivity index is 1.49. The molecule has 2 aromatic rings. The molecule has 0 aromatic heterocycles. The Bertz CT molecular complexity index is 773. The van der Waals surface area contributed by atoms with Crippen LogP contribution in [0.3, 0.4) is 0 Å².